The Balaban J connectivity index is 1.90. The first-order valence-electron chi connectivity index (χ1n) is 5.48. The lowest BCUT2D eigenvalue weighted by Crippen LogP contribution is -2.45. The van der Waals surface area contributed by atoms with E-state index in [1.807, 2.05) is 0 Å². The lowest BCUT2D eigenvalue weighted by molar-refractivity contribution is 0.0773. The summed E-state index contributed by atoms with van der Waals surface area (Å²) in [6.45, 7) is 2.64. The molecule has 2 N–H and O–H groups in total. The topological polar surface area (TPSA) is 67.4 Å². The molecule has 88 valence electrons. The van der Waals surface area contributed by atoms with Crippen LogP contribution < -0.4 is 10.0 Å². The van der Waals surface area contributed by atoms with Crippen molar-refractivity contribution in [2.45, 2.75) is 30.6 Å². The summed E-state index contributed by atoms with van der Waals surface area (Å²) in [6.07, 6.45) is 2.54. The van der Waals surface area contributed by atoms with Crippen LogP contribution in [-0.4, -0.2) is 46.0 Å². The number of hydrogen-bond donors (Lipinski definition) is 2. The average molecular weight is 234 g/mol. The molecule has 2 aliphatic heterocycles. The van der Waals surface area contributed by atoms with Crippen LogP contribution in [0.2, 0.25) is 0 Å². The summed E-state index contributed by atoms with van der Waals surface area (Å²) in [7, 11) is -3.15. The summed E-state index contributed by atoms with van der Waals surface area (Å²) < 4.78 is 31.8. The summed E-state index contributed by atoms with van der Waals surface area (Å²) in [4.78, 5) is 0. The molecule has 15 heavy (non-hydrogen) atoms. The molecule has 0 aromatic heterocycles. The van der Waals surface area contributed by atoms with Crippen molar-refractivity contribution in [2.24, 2.45) is 0 Å². The van der Waals surface area contributed by atoms with Crippen LogP contribution in [0, 0.1) is 0 Å². The van der Waals surface area contributed by atoms with Crippen LogP contribution in [0.3, 0.4) is 0 Å². The zero-order valence-electron chi connectivity index (χ0n) is 8.74. The highest BCUT2D eigenvalue weighted by Gasteiger charge is 2.31. The zero-order chi connectivity index (χ0) is 10.7. The van der Waals surface area contributed by atoms with Gasteiger partial charge >= 0.3 is 0 Å². The van der Waals surface area contributed by atoms with E-state index in [9.17, 15) is 8.42 Å². The van der Waals surface area contributed by atoms with Gasteiger partial charge in [0.05, 0.1) is 11.9 Å². The van der Waals surface area contributed by atoms with Crippen LogP contribution in [0.4, 0.5) is 0 Å². The summed E-state index contributed by atoms with van der Waals surface area (Å²) in [5.74, 6) is 0. The van der Waals surface area contributed by atoms with E-state index in [0.717, 1.165) is 26.0 Å². The SMILES string of the molecule is O=S(=O)(NC1CCCOC1)C1CCNC1. The lowest BCUT2D eigenvalue weighted by Gasteiger charge is -2.24. The van der Waals surface area contributed by atoms with Crippen LogP contribution in [0.15, 0.2) is 0 Å². The Kier molecular flexibility index (Phi) is 3.60. The van der Waals surface area contributed by atoms with Crippen molar-refractivity contribution in [3.63, 3.8) is 0 Å². The van der Waals surface area contributed by atoms with E-state index in [4.69, 9.17) is 4.74 Å². The van der Waals surface area contributed by atoms with Crippen molar-refractivity contribution in [1.29, 1.82) is 0 Å². The Morgan fingerprint density at radius 1 is 1.33 bits per heavy atom. The van der Waals surface area contributed by atoms with Gasteiger partial charge in [0.1, 0.15) is 0 Å². The molecule has 0 aromatic rings. The highest BCUT2D eigenvalue weighted by atomic mass is 32.2. The fourth-order valence-corrected chi connectivity index (χ4v) is 3.66. The minimum absolute atomic E-state index is 0.0238. The normalized spacial score (nSPS) is 33.1. The molecule has 6 heteroatoms. The Hall–Kier alpha value is -0.170. The molecule has 2 aliphatic rings. The molecule has 5 nitrogen and oxygen atoms in total. The quantitative estimate of drug-likeness (QED) is 0.687. The maximum Gasteiger partial charge on any atom is 0.216 e. The molecule has 2 rings (SSSR count). The van der Waals surface area contributed by atoms with Crippen LogP contribution in [0.1, 0.15) is 19.3 Å². The number of rotatable bonds is 3. The maximum atomic E-state index is 11.9. The molecule has 0 aliphatic carbocycles. The summed E-state index contributed by atoms with van der Waals surface area (Å²) >= 11 is 0. The second-order valence-corrected chi connectivity index (χ2v) is 6.18. The van der Waals surface area contributed by atoms with Crippen molar-refractivity contribution in [3.05, 3.63) is 0 Å². The van der Waals surface area contributed by atoms with Crippen molar-refractivity contribution >= 4 is 10.0 Å². The standard InChI is InChI=1S/C9H18N2O3S/c12-15(13,9-3-4-10-6-9)11-8-2-1-5-14-7-8/h8-11H,1-7H2. The van der Waals surface area contributed by atoms with E-state index in [2.05, 4.69) is 10.0 Å². The average Bonchev–Trinajstić information content (AvgIpc) is 2.71. The predicted molar refractivity (Wildman–Crippen MR) is 57.2 cm³/mol. The van der Waals surface area contributed by atoms with Gasteiger partial charge in [0.15, 0.2) is 0 Å². The van der Waals surface area contributed by atoms with E-state index in [-0.39, 0.29) is 11.3 Å². The van der Waals surface area contributed by atoms with Gasteiger partial charge < -0.3 is 10.1 Å². The van der Waals surface area contributed by atoms with Crippen LogP contribution in [-0.2, 0) is 14.8 Å². The number of hydrogen-bond acceptors (Lipinski definition) is 4. The van der Waals surface area contributed by atoms with Gasteiger partial charge in [-0.3, -0.25) is 0 Å². The van der Waals surface area contributed by atoms with E-state index < -0.39 is 10.0 Å². The first kappa shape index (κ1) is 11.3. The van der Waals surface area contributed by atoms with Gasteiger partial charge in [0.2, 0.25) is 10.0 Å². The van der Waals surface area contributed by atoms with Gasteiger partial charge in [-0.2, -0.15) is 0 Å². The molecule has 0 amide bonds. The molecule has 0 bridgehead atoms. The molecular weight excluding hydrogens is 216 g/mol. The monoisotopic (exact) mass is 234 g/mol. The Morgan fingerprint density at radius 2 is 2.20 bits per heavy atom. The minimum Gasteiger partial charge on any atom is -0.380 e. The van der Waals surface area contributed by atoms with Crippen molar-refractivity contribution < 1.29 is 13.2 Å². The molecule has 0 radical (unpaired) electrons. The first-order valence-corrected chi connectivity index (χ1v) is 7.03. The fourth-order valence-electron chi connectivity index (χ4n) is 2.06. The molecule has 2 heterocycles. The van der Waals surface area contributed by atoms with Crippen molar-refractivity contribution in [3.8, 4) is 0 Å². The van der Waals surface area contributed by atoms with E-state index in [0.29, 0.717) is 19.6 Å². The van der Waals surface area contributed by atoms with E-state index in [1.165, 1.54) is 0 Å². The van der Waals surface area contributed by atoms with Crippen LogP contribution in [0.25, 0.3) is 0 Å². The highest BCUT2D eigenvalue weighted by Crippen LogP contribution is 2.12. The van der Waals surface area contributed by atoms with Gasteiger partial charge in [0, 0.05) is 19.2 Å². The zero-order valence-corrected chi connectivity index (χ0v) is 9.55. The predicted octanol–water partition coefficient (Wildman–Crippen LogP) is -0.553. The summed E-state index contributed by atoms with van der Waals surface area (Å²) in [6, 6.07) is -0.0238. The Bertz CT molecular complexity index is 292. The molecule has 0 saturated carbocycles. The molecule has 0 aromatic carbocycles. The minimum atomic E-state index is -3.15. The first-order chi connectivity index (χ1) is 7.18. The van der Waals surface area contributed by atoms with Gasteiger partial charge in [-0.1, -0.05) is 0 Å². The molecule has 2 saturated heterocycles. The number of nitrogens with one attached hydrogen (secondary N) is 2. The number of sulfonamides is 1. The maximum absolute atomic E-state index is 11.9. The molecule has 2 unspecified atom stereocenters. The third-order valence-corrected chi connectivity index (χ3v) is 4.89. The second-order valence-electron chi connectivity index (χ2n) is 4.19. The molecule has 2 atom stereocenters. The van der Waals surface area contributed by atoms with Gasteiger partial charge in [-0.05, 0) is 25.8 Å². The number of ether oxygens (including phenoxy) is 1. The molecule has 0 spiro atoms. The summed E-state index contributed by atoms with van der Waals surface area (Å²) in [5.41, 5.74) is 0. The summed E-state index contributed by atoms with van der Waals surface area (Å²) in [5, 5.41) is 2.80. The van der Waals surface area contributed by atoms with Crippen molar-refractivity contribution in [2.75, 3.05) is 26.3 Å². The van der Waals surface area contributed by atoms with Crippen LogP contribution in [0.5, 0.6) is 0 Å². The molecule has 2 fully saturated rings. The highest BCUT2D eigenvalue weighted by molar-refractivity contribution is 7.90. The fraction of sp³-hybridized carbons (Fsp3) is 1.00. The Labute approximate surface area is 90.6 Å². The van der Waals surface area contributed by atoms with E-state index in [1.54, 1.807) is 0 Å². The van der Waals surface area contributed by atoms with Gasteiger partial charge in [-0.15, -0.1) is 0 Å². The largest absolute Gasteiger partial charge is 0.380 e. The third kappa shape index (κ3) is 2.90. The third-order valence-electron chi connectivity index (χ3n) is 2.95. The molecular formula is C9H18N2O3S. The van der Waals surface area contributed by atoms with E-state index >= 15 is 0 Å². The Morgan fingerprint density at radius 3 is 2.80 bits per heavy atom. The lowest BCUT2D eigenvalue weighted by atomic mass is 10.1. The smallest absolute Gasteiger partial charge is 0.216 e. The van der Waals surface area contributed by atoms with Crippen molar-refractivity contribution in [1.82, 2.24) is 10.0 Å². The van der Waals surface area contributed by atoms with Gasteiger partial charge in [-0.25, -0.2) is 13.1 Å². The van der Waals surface area contributed by atoms with Gasteiger partial charge in [0.25, 0.3) is 0 Å². The van der Waals surface area contributed by atoms with Crippen LogP contribution >= 0.6 is 0 Å². The second kappa shape index (κ2) is 4.78.